The lowest BCUT2D eigenvalue weighted by atomic mass is 9.96. The third kappa shape index (κ3) is 2.65. The number of Topliss-reactive ketones (excluding diaryl/α,β-unsaturated/α-hetero) is 1. The molecule has 1 saturated carbocycles. The lowest BCUT2D eigenvalue weighted by Gasteiger charge is -2.08. The van der Waals surface area contributed by atoms with Crippen LogP contribution in [0, 0.1) is 12.8 Å². The largest absolute Gasteiger partial charge is 0.294 e. The van der Waals surface area contributed by atoms with Crippen LogP contribution in [0.15, 0.2) is 18.2 Å². The summed E-state index contributed by atoms with van der Waals surface area (Å²) in [5.41, 5.74) is 1.80. The van der Waals surface area contributed by atoms with Gasteiger partial charge in [0.2, 0.25) is 0 Å². The quantitative estimate of drug-likeness (QED) is 0.711. The molecule has 0 aromatic heterocycles. The lowest BCUT2D eigenvalue weighted by Crippen LogP contribution is -2.06. The predicted molar refractivity (Wildman–Crippen MR) is 67.1 cm³/mol. The Labute approximate surface area is 102 Å². The van der Waals surface area contributed by atoms with Crippen molar-refractivity contribution in [2.24, 2.45) is 5.92 Å². The van der Waals surface area contributed by atoms with E-state index in [1.54, 1.807) is 0 Å². The van der Waals surface area contributed by atoms with Crippen molar-refractivity contribution < 1.29 is 4.79 Å². The summed E-state index contributed by atoms with van der Waals surface area (Å²) in [7, 11) is 0. The average Bonchev–Trinajstić information content (AvgIpc) is 2.74. The van der Waals surface area contributed by atoms with E-state index in [4.69, 9.17) is 11.6 Å². The molecule has 86 valence electrons. The van der Waals surface area contributed by atoms with Crippen LogP contribution >= 0.6 is 11.6 Å². The fourth-order valence-electron chi connectivity index (χ4n) is 2.41. The van der Waals surface area contributed by atoms with E-state index < -0.39 is 0 Å². The van der Waals surface area contributed by atoms with Crippen LogP contribution in [0.3, 0.4) is 0 Å². The SMILES string of the molecule is Cc1cc(C(=O)CC2CCCC2)ccc1Cl. The first-order valence-electron chi connectivity index (χ1n) is 5.96. The molecule has 1 aliphatic carbocycles. The van der Waals surface area contributed by atoms with Crippen LogP contribution in [0.25, 0.3) is 0 Å². The van der Waals surface area contributed by atoms with Gasteiger partial charge in [0.05, 0.1) is 0 Å². The fourth-order valence-corrected chi connectivity index (χ4v) is 2.53. The second kappa shape index (κ2) is 5.01. The van der Waals surface area contributed by atoms with Gasteiger partial charge in [-0.05, 0) is 36.6 Å². The van der Waals surface area contributed by atoms with Crippen LogP contribution in [0.1, 0.15) is 48.0 Å². The highest BCUT2D eigenvalue weighted by Crippen LogP contribution is 2.29. The number of hydrogen-bond donors (Lipinski definition) is 0. The third-order valence-corrected chi connectivity index (χ3v) is 3.85. The van der Waals surface area contributed by atoms with Crippen LogP contribution in [0.4, 0.5) is 0 Å². The molecule has 16 heavy (non-hydrogen) atoms. The summed E-state index contributed by atoms with van der Waals surface area (Å²) in [4.78, 5) is 12.0. The highest BCUT2D eigenvalue weighted by atomic mass is 35.5. The minimum Gasteiger partial charge on any atom is -0.294 e. The molecule has 1 nitrogen and oxygen atoms in total. The number of hydrogen-bond acceptors (Lipinski definition) is 1. The Morgan fingerprint density at radius 2 is 2.06 bits per heavy atom. The summed E-state index contributed by atoms with van der Waals surface area (Å²) >= 11 is 5.94. The van der Waals surface area contributed by atoms with Crippen LogP contribution in [0.2, 0.25) is 5.02 Å². The smallest absolute Gasteiger partial charge is 0.163 e. The second-order valence-corrected chi connectivity index (χ2v) is 5.15. The van der Waals surface area contributed by atoms with E-state index in [2.05, 4.69) is 0 Å². The number of carbonyl (C=O) groups excluding carboxylic acids is 1. The summed E-state index contributed by atoms with van der Waals surface area (Å²) in [6.45, 7) is 1.94. The van der Waals surface area contributed by atoms with Crippen molar-refractivity contribution in [2.45, 2.75) is 39.0 Å². The van der Waals surface area contributed by atoms with Gasteiger partial charge >= 0.3 is 0 Å². The van der Waals surface area contributed by atoms with Crippen LogP contribution < -0.4 is 0 Å². The number of aryl methyl sites for hydroxylation is 1. The number of halogens is 1. The molecule has 0 amide bonds. The van der Waals surface area contributed by atoms with Gasteiger partial charge in [-0.3, -0.25) is 4.79 Å². The summed E-state index contributed by atoms with van der Waals surface area (Å²) in [5, 5.41) is 0.734. The topological polar surface area (TPSA) is 17.1 Å². The molecule has 1 aromatic rings. The van der Waals surface area contributed by atoms with Gasteiger partial charge in [-0.15, -0.1) is 0 Å². The summed E-state index contributed by atoms with van der Waals surface area (Å²) in [6, 6.07) is 5.56. The fraction of sp³-hybridized carbons (Fsp3) is 0.500. The Morgan fingerprint density at radius 1 is 1.38 bits per heavy atom. The number of rotatable bonds is 3. The Bertz CT molecular complexity index is 392. The average molecular weight is 237 g/mol. The van der Waals surface area contributed by atoms with Crippen molar-refractivity contribution in [1.82, 2.24) is 0 Å². The summed E-state index contributed by atoms with van der Waals surface area (Å²) in [6.07, 6.45) is 5.73. The van der Waals surface area contributed by atoms with Gasteiger partial charge in [0.15, 0.2) is 5.78 Å². The molecule has 0 N–H and O–H groups in total. The molecule has 2 rings (SSSR count). The molecule has 1 aliphatic rings. The zero-order chi connectivity index (χ0) is 11.5. The van der Waals surface area contributed by atoms with Gasteiger partial charge in [-0.25, -0.2) is 0 Å². The Balaban J connectivity index is 2.05. The van der Waals surface area contributed by atoms with E-state index in [0.29, 0.717) is 12.3 Å². The van der Waals surface area contributed by atoms with Gasteiger partial charge in [0, 0.05) is 17.0 Å². The standard InChI is InChI=1S/C14H17ClO/c1-10-8-12(6-7-13(10)15)14(16)9-11-4-2-3-5-11/h6-8,11H,2-5,9H2,1H3. The van der Waals surface area contributed by atoms with E-state index in [9.17, 15) is 4.79 Å². The Hall–Kier alpha value is -0.820. The number of carbonyl (C=O) groups is 1. The zero-order valence-corrected chi connectivity index (χ0v) is 10.4. The van der Waals surface area contributed by atoms with Crippen molar-refractivity contribution in [2.75, 3.05) is 0 Å². The first-order chi connectivity index (χ1) is 7.66. The second-order valence-electron chi connectivity index (χ2n) is 4.74. The van der Waals surface area contributed by atoms with Crippen molar-refractivity contribution in [3.05, 3.63) is 34.3 Å². The normalized spacial score (nSPS) is 16.6. The molecular weight excluding hydrogens is 220 g/mol. The Kier molecular flexibility index (Phi) is 3.65. The number of benzene rings is 1. The van der Waals surface area contributed by atoms with Gasteiger partial charge in [0.1, 0.15) is 0 Å². The Morgan fingerprint density at radius 3 is 2.69 bits per heavy atom. The van der Waals surface area contributed by atoms with Crippen molar-refractivity contribution in [3.63, 3.8) is 0 Å². The molecule has 0 radical (unpaired) electrons. The van der Waals surface area contributed by atoms with Crippen molar-refractivity contribution in [3.8, 4) is 0 Å². The van der Waals surface area contributed by atoms with Gasteiger partial charge in [-0.1, -0.05) is 37.3 Å². The third-order valence-electron chi connectivity index (χ3n) is 3.43. The molecule has 1 fully saturated rings. The first kappa shape index (κ1) is 11.7. The maximum atomic E-state index is 12.0. The van der Waals surface area contributed by atoms with Crippen molar-refractivity contribution in [1.29, 1.82) is 0 Å². The molecule has 0 unspecified atom stereocenters. The van der Waals surface area contributed by atoms with Gasteiger partial charge in [-0.2, -0.15) is 0 Å². The van der Waals surface area contributed by atoms with E-state index in [1.807, 2.05) is 25.1 Å². The monoisotopic (exact) mass is 236 g/mol. The molecule has 0 spiro atoms. The van der Waals surface area contributed by atoms with E-state index in [1.165, 1.54) is 25.7 Å². The van der Waals surface area contributed by atoms with E-state index in [0.717, 1.165) is 16.1 Å². The lowest BCUT2D eigenvalue weighted by molar-refractivity contribution is 0.0962. The van der Waals surface area contributed by atoms with E-state index in [-0.39, 0.29) is 5.78 Å². The maximum absolute atomic E-state index is 12.0. The molecule has 2 heteroatoms. The minimum atomic E-state index is 0.270. The van der Waals surface area contributed by atoms with Crippen LogP contribution in [0.5, 0.6) is 0 Å². The van der Waals surface area contributed by atoms with Crippen molar-refractivity contribution >= 4 is 17.4 Å². The summed E-state index contributed by atoms with van der Waals surface area (Å²) in [5.74, 6) is 0.884. The molecule has 0 bridgehead atoms. The highest BCUT2D eigenvalue weighted by Gasteiger charge is 2.19. The molecule has 0 aliphatic heterocycles. The molecule has 0 saturated heterocycles. The van der Waals surface area contributed by atoms with Gasteiger partial charge in [0.25, 0.3) is 0 Å². The number of ketones is 1. The van der Waals surface area contributed by atoms with Crippen LogP contribution in [-0.4, -0.2) is 5.78 Å². The van der Waals surface area contributed by atoms with E-state index >= 15 is 0 Å². The zero-order valence-electron chi connectivity index (χ0n) is 9.63. The molecule has 0 atom stereocenters. The molecule has 1 aromatic carbocycles. The molecular formula is C14H17ClO. The first-order valence-corrected chi connectivity index (χ1v) is 6.34. The summed E-state index contributed by atoms with van der Waals surface area (Å²) < 4.78 is 0. The van der Waals surface area contributed by atoms with Gasteiger partial charge < -0.3 is 0 Å². The maximum Gasteiger partial charge on any atom is 0.163 e. The molecule has 0 heterocycles. The highest BCUT2D eigenvalue weighted by molar-refractivity contribution is 6.31. The minimum absolute atomic E-state index is 0.270. The van der Waals surface area contributed by atoms with Crippen LogP contribution in [-0.2, 0) is 0 Å². The predicted octanol–water partition coefficient (Wildman–Crippen LogP) is 4.41.